The Kier molecular flexibility index (Phi) is 4.58. The average molecular weight is 297 g/mol. The van der Waals surface area contributed by atoms with Gasteiger partial charge in [0.1, 0.15) is 0 Å². The molecule has 3 aliphatic rings. The zero-order valence-corrected chi connectivity index (χ0v) is 13.6. The van der Waals surface area contributed by atoms with Crippen LogP contribution < -0.4 is 11.3 Å². The maximum Gasteiger partial charge on any atom is 0.0939 e. The Morgan fingerprint density at radius 3 is 2.67 bits per heavy atom. The third-order valence-corrected chi connectivity index (χ3v) is 5.93. The van der Waals surface area contributed by atoms with Gasteiger partial charge >= 0.3 is 0 Å². The topological polar surface area (TPSA) is 59.8 Å². The SMILES string of the molecule is CC(C)(C(NN)C1CCOC2(CCOC2)C1)N1CCCC1. The third kappa shape index (κ3) is 2.99. The van der Waals surface area contributed by atoms with Gasteiger partial charge in [-0.1, -0.05) is 0 Å². The van der Waals surface area contributed by atoms with Gasteiger partial charge in [0.2, 0.25) is 0 Å². The minimum absolute atomic E-state index is 0.0426. The summed E-state index contributed by atoms with van der Waals surface area (Å²) in [5.41, 5.74) is 3.21. The molecule has 3 heterocycles. The summed E-state index contributed by atoms with van der Waals surface area (Å²) in [5.74, 6) is 6.55. The Balaban J connectivity index is 1.72. The number of hydrogen-bond acceptors (Lipinski definition) is 5. The first-order valence-corrected chi connectivity index (χ1v) is 8.50. The van der Waals surface area contributed by atoms with Crippen molar-refractivity contribution in [3.63, 3.8) is 0 Å². The number of hydrazine groups is 1. The van der Waals surface area contributed by atoms with Crippen LogP contribution in [0.5, 0.6) is 0 Å². The molecular formula is C16H31N3O2. The van der Waals surface area contributed by atoms with E-state index in [1.807, 2.05) is 0 Å². The predicted octanol–water partition coefficient (Wildman–Crippen LogP) is 1.28. The first-order chi connectivity index (χ1) is 10.1. The molecule has 0 bridgehead atoms. The molecular weight excluding hydrogens is 266 g/mol. The fraction of sp³-hybridized carbons (Fsp3) is 1.00. The van der Waals surface area contributed by atoms with Crippen LogP contribution in [0, 0.1) is 5.92 Å². The van der Waals surface area contributed by atoms with Gasteiger partial charge in [-0.15, -0.1) is 0 Å². The van der Waals surface area contributed by atoms with Crippen LogP contribution in [0.25, 0.3) is 0 Å². The van der Waals surface area contributed by atoms with E-state index < -0.39 is 0 Å². The van der Waals surface area contributed by atoms with E-state index in [0.29, 0.717) is 12.0 Å². The monoisotopic (exact) mass is 297 g/mol. The Morgan fingerprint density at radius 1 is 1.29 bits per heavy atom. The molecule has 0 aromatic heterocycles. The van der Waals surface area contributed by atoms with E-state index in [4.69, 9.17) is 15.3 Å². The molecule has 0 amide bonds. The molecule has 3 N–H and O–H groups in total. The summed E-state index contributed by atoms with van der Waals surface area (Å²) >= 11 is 0. The molecule has 3 rings (SSSR count). The summed E-state index contributed by atoms with van der Waals surface area (Å²) in [6, 6.07) is 0.303. The number of likely N-dealkylation sites (tertiary alicyclic amines) is 1. The van der Waals surface area contributed by atoms with Crippen molar-refractivity contribution in [3.05, 3.63) is 0 Å². The number of ether oxygens (including phenoxy) is 2. The van der Waals surface area contributed by atoms with Gasteiger partial charge in [-0.25, -0.2) is 0 Å². The molecule has 3 saturated heterocycles. The molecule has 3 atom stereocenters. The number of nitrogens with one attached hydrogen (secondary N) is 1. The molecule has 0 aliphatic carbocycles. The molecule has 0 aromatic carbocycles. The third-order valence-electron chi connectivity index (χ3n) is 5.93. The van der Waals surface area contributed by atoms with E-state index in [0.717, 1.165) is 39.1 Å². The van der Waals surface area contributed by atoms with Crippen molar-refractivity contribution in [3.8, 4) is 0 Å². The van der Waals surface area contributed by atoms with Crippen LogP contribution in [0.2, 0.25) is 0 Å². The van der Waals surface area contributed by atoms with Gasteiger partial charge in [0, 0.05) is 31.2 Å². The van der Waals surface area contributed by atoms with Gasteiger partial charge in [0.15, 0.2) is 0 Å². The largest absolute Gasteiger partial charge is 0.378 e. The number of nitrogens with zero attached hydrogens (tertiary/aromatic N) is 1. The van der Waals surface area contributed by atoms with Gasteiger partial charge in [-0.2, -0.15) is 0 Å². The van der Waals surface area contributed by atoms with Gasteiger partial charge in [0.05, 0.1) is 12.2 Å². The van der Waals surface area contributed by atoms with Crippen LogP contribution in [0.1, 0.15) is 46.0 Å². The Bertz CT molecular complexity index is 349. The van der Waals surface area contributed by atoms with E-state index in [2.05, 4.69) is 24.2 Å². The molecule has 21 heavy (non-hydrogen) atoms. The molecule has 0 saturated carbocycles. The molecule has 1 spiro atoms. The maximum absolute atomic E-state index is 6.08. The first kappa shape index (κ1) is 15.7. The highest BCUT2D eigenvalue weighted by Crippen LogP contribution is 2.40. The van der Waals surface area contributed by atoms with Crippen molar-refractivity contribution in [2.75, 3.05) is 32.9 Å². The van der Waals surface area contributed by atoms with Crippen LogP contribution in [-0.4, -0.2) is 55.0 Å². The van der Waals surface area contributed by atoms with Crippen LogP contribution in [0.15, 0.2) is 0 Å². The zero-order valence-electron chi connectivity index (χ0n) is 13.6. The summed E-state index contributed by atoms with van der Waals surface area (Å²) in [4.78, 5) is 2.60. The van der Waals surface area contributed by atoms with Crippen molar-refractivity contribution >= 4 is 0 Å². The number of rotatable bonds is 4. The van der Waals surface area contributed by atoms with Crippen LogP contribution in [-0.2, 0) is 9.47 Å². The minimum Gasteiger partial charge on any atom is -0.378 e. The second-order valence-electron chi connectivity index (χ2n) is 7.58. The summed E-state index contributed by atoms with van der Waals surface area (Å²) in [6.45, 7) is 9.51. The lowest BCUT2D eigenvalue weighted by atomic mass is 9.74. The Morgan fingerprint density at radius 2 is 2.05 bits per heavy atom. The maximum atomic E-state index is 6.08. The summed E-state index contributed by atoms with van der Waals surface area (Å²) in [5, 5.41) is 0. The normalized spacial score (nSPS) is 36.4. The Labute approximate surface area is 128 Å². The Hall–Kier alpha value is -0.200. The van der Waals surface area contributed by atoms with Gasteiger partial charge in [0.25, 0.3) is 0 Å². The van der Waals surface area contributed by atoms with E-state index in [1.54, 1.807) is 0 Å². The highest BCUT2D eigenvalue weighted by molar-refractivity contribution is 5.02. The van der Waals surface area contributed by atoms with E-state index in [1.165, 1.54) is 25.9 Å². The molecule has 0 aromatic rings. The van der Waals surface area contributed by atoms with E-state index in [9.17, 15) is 0 Å². The summed E-state index contributed by atoms with van der Waals surface area (Å²) < 4.78 is 11.7. The summed E-state index contributed by atoms with van der Waals surface area (Å²) in [6.07, 6.45) is 5.82. The molecule has 3 aliphatic heterocycles. The van der Waals surface area contributed by atoms with Gasteiger partial charge in [-0.05, 0) is 58.5 Å². The van der Waals surface area contributed by atoms with Crippen LogP contribution in [0.4, 0.5) is 0 Å². The average Bonchev–Trinajstić information content (AvgIpc) is 3.11. The predicted molar refractivity (Wildman–Crippen MR) is 82.8 cm³/mol. The molecule has 122 valence electrons. The highest BCUT2D eigenvalue weighted by atomic mass is 16.6. The van der Waals surface area contributed by atoms with Crippen LogP contribution >= 0.6 is 0 Å². The van der Waals surface area contributed by atoms with Gasteiger partial charge < -0.3 is 9.47 Å². The number of nitrogens with two attached hydrogens (primary N) is 1. The standard InChI is InChI=1S/C16H31N3O2/c1-15(2,19-7-3-4-8-19)14(18-17)13-5-9-21-16(11-13)6-10-20-12-16/h13-14,18H,3-12,17H2,1-2H3. The number of hydrogen-bond donors (Lipinski definition) is 2. The van der Waals surface area contributed by atoms with Crippen molar-refractivity contribution in [2.24, 2.45) is 11.8 Å². The van der Waals surface area contributed by atoms with Crippen molar-refractivity contribution in [2.45, 2.75) is 63.1 Å². The minimum atomic E-state index is -0.0426. The molecule has 5 heteroatoms. The van der Waals surface area contributed by atoms with Crippen LogP contribution in [0.3, 0.4) is 0 Å². The van der Waals surface area contributed by atoms with E-state index in [-0.39, 0.29) is 11.1 Å². The molecule has 5 nitrogen and oxygen atoms in total. The van der Waals surface area contributed by atoms with Crippen molar-refractivity contribution < 1.29 is 9.47 Å². The smallest absolute Gasteiger partial charge is 0.0939 e. The van der Waals surface area contributed by atoms with Crippen molar-refractivity contribution in [1.82, 2.24) is 10.3 Å². The molecule has 3 unspecified atom stereocenters. The summed E-state index contributed by atoms with van der Waals surface area (Å²) in [7, 11) is 0. The quantitative estimate of drug-likeness (QED) is 0.605. The first-order valence-electron chi connectivity index (χ1n) is 8.50. The lowest BCUT2D eigenvalue weighted by Gasteiger charge is -2.48. The van der Waals surface area contributed by atoms with Crippen molar-refractivity contribution in [1.29, 1.82) is 0 Å². The second kappa shape index (κ2) is 6.13. The lowest BCUT2D eigenvalue weighted by molar-refractivity contribution is -0.111. The lowest BCUT2D eigenvalue weighted by Crippen LogP contribution is -2.63. The zero-order chi connectivity index (χ0) is 14.9. The van der Waals surface area contributed by atoms with E-state index >= 15 is 0 Å². The molecule has 0 radical (unpaired) electrons. The fourth-order valence-electron chi connectivity index (χ4n) is 4.62. The second-order valence-corrected chi connectivity index (χ2v) is 7.58. The highest BCUT2D eigenvalue weighted by Gasteiger charge is 2.47. The molecule has 3 fully saturated rings. The van der Waals surface area contributed by atoms with Gasteiger partial charge in [-0.3, -0.25) is 16.2 Å². The fourth-order valence-corrected chi connectivity index (χ4v) is 4.62.